The topological polar surface area (TPSA) is 102 Å². The molecule has 0 radical (unpaired) electrons. The highest BCUT2D eigenvalue weighted by Gasteiger charge is 2.23. The van der Waals surface area contributed by atoms with E-state index in [1.165, 1.54) is 0 Å². The molecular formula is C13H17BrClIN2O4. The lowest BCUT2D eigenvalue weighted by atomic mass is 10.0. The molecule has 1 aromatic rings. The Kier molecular flexibility index (Phi) is 9.97. The fourth-order valence-electron chi connectivity index (χ4n) is 1.73. The first kappa shape index (κ1) is 21.4. The first-order valence-electron chi connectivity index (χ1n) is 6.22. The smallest absolute Gasteiger partial charge is 0.308 e. The lowest BCUT2D eigenvalue weighted by molar-refractivity contribution is -0.143. The van der Waals surface area contributed by atoms with E-state index in [4.69, 9.17) is 10.5 Å². The summed E-state index contributed by atoms with van der Waals surface area (Å²) in [5.41, 5.74) is 5.72. The molecule has 0 heterocycles. The monoisotopic (exact) mass is 506 g/mol. The van der Waals surface area contributed by atoms with Crippen molar-refractivity contribution in [1.29, 1.82) is 0 Å². The second-order valence-electron chi connectivity index (χ2n) is 4.16. The molecular weight excluding hydrogens is 490 g/mol. The molecule has 4 N–H and O–H groups in total. The molecule has 9 heteroatoms. The van der Waals surface area contributed by atoms with Gasteiger partial charge in [0.1, 0.15) is 5.75 Å². The van der Waals surface area contributed by atoms with Crippen molar-refractivity contribution in [3.63, 3.8) is 0 Å². The third kappa shape index (κ3) is 6.27. The van der Waals surface area contributed by atoms with Gasteiger partial charge in [0, 0.05) is 10.0 Å². The summed E-state index contributed by atoms with van der Waals surface area (Å²) in [7, 11) is 0. The number of nitrogens with one attached hydrogen (secondary N) is 1. The van der Waals surface area contributed by atoms with E-state index < -0.39 is 17.9 Å². The Hall–Kier alpha value is -0.580. The number of hydrogen-bond acceptors (Lipinski definition) is 5. The van der Waals surface area contributed by atoms with Crippen molar-refractivity contribution in [2.45, 2.75) is 19.4 Å². The standard InChI is InChI=1S/C13H16BrIN2O4.ClH/c1-2-21-12(19)5-10(17-11(18)6-16)8-3-7(14)4-9(15)13(8)20;/h3-4,10,20H,2,5-6,16H2,1H3,(H,17,18);1H/t10-;/m0./s1. The lowest BCUT2D eigenvalue weighted by Crippen LogP contribution is -2.35. The predicted molar refractivity (Wildman–Crippen MR) is 97.0 cm³/mol. The molecule has 1 amide bonds. The minimum atomic E-state index is -0.703. The molecule has 0 aliphatic rings. The van der Waals surface area contributed by atoms with Crippen molar-refractivity contribution in [2.75, 3.05) is 13.2 Å². The first-order chi connectivity index (χ1) is 9.88. The summed E-state index contributed by atoms with van der Waals surface area (Å²) >= 11 is 5.29. The summed E-state index contributed by atoms with van der Waals surface area (Å²) in [5.74, 6) is -0.863. The summed E-state index contributed by atoms with van der Waals surface area (Å²) in [6.45, 7) is 1.74. The molecule has 0 saturated heterocycles. The molecule has 0 bridgehead atoms. The minimum absolute atomic E-state index is 0. The number of ether oxygens (including phenoxy) is 1. The van der Waals surface area contributed by atoms with Gasteiger partial charge in [-0.05, 0) is 41.6 Å². The number of halogens is 3. The normalized spacial score (nSPS) is 11.3. The van der Waals surface area contributed by atoms with E-state index in [0.29, 0.717) is 9.13 Å². The number of aromatic hydroxyl groups is 1. The van der Waals surface area contributed by atoms with Gasteiger partial charge < -0.3 is 20.9 Å². The van der Waals surface area contributed by atoms with Gasteiger partial charge in [-0.2, -0.15) is 0 Å². The number of esters is 1. The number of phenolic OH excluding ortho intramolecular Hbond substituents is 1. The van der Waals surface area contributed by atoms with Gasteiger partial charge in [-0.15, -0.1) is 12.4 Å². The van der Waals surface area contributed by atoms with Gasteiger partial charge in [-0.3, -0.25) is 9.59 Å². The molecule has 0 unspecified atom stereocenters. The Morgan fingerprint density at radius 2 is 2.14 bits per heavy atom. The number of carbonyl (C=O) groups is 2. The zero-order valence-corrected chi connectivity index (χ0v) is 16.3. The first-order valence-corrected chi connectivity index (χ1v) is 8.09. The van der Waals surface area contributed by atoms with Crippen LogP contribution >= 0.6 is 50.9 Å². The molecule has 1 aromatic carbocycles. The minimum Gasteiger partial charge on any atom is -0.506 e. The van der Waals surface area contributed by atoms with E-state index in [1.807, 2.05) is 22.6 Å². The van der Waals surface area contributed by atoms with E-state index in [0.717, 1.165) is 4.47 Å². The van der Waals surface area contributed by atoms with Gasteiger partial charge in [0.25, 0.3) is 0 Å². The molecule has 1 atom stereocenters. The van der Waals surface area contributed by atoms with Crippen molar-refractivity contribution in [2.24, 2.45) is 5.73 Å². The van der Waals surface area contributed by atoms with Crippen LogP contribution in [0.15, 0.2) is 16.6 Å². The molecule has 0 spiro atoms. The molecule has 0 aliphatic heterocycles. The van der Waals surface area contributed by atoms with Crippen LogP contribution in [0.1, 0.15) is 24.9 Å². The molecule has 0 aliphatic carbocycles. The van der Waals surface area contributed by atoms with Crippen LogP contribution in [-0.2, 0) is 14.3 Å². The Bertz CT molecular complexity index is 545. The number of nitrogens with two attached hydrogens (primary N) is 1. The highest BCUT2D eigenvalue weighted by Crippen LogP contribution is 2.34. The largest absolute Gasteiger partial charge is 0.506 e. The van der Waals surface area contributed by atoms with Gasteiger partial charge in [-0.1, -0.05) is 15.9 Å². The number of rotatable bonds is 6. The van der Waals surface area contributed by atoms with Crippen LogP contribution in [-0.4, -0.2) is 30.1 Å². The lowest BCUT2D eigenvalue weighted by Gasteiger charge is -2.20. The second-order valence-corrected chi connectivity index (χ2v) is 6.24. The Labute approximate surface area is 156 Å². The van der Waals surface area contributed by atoms with Crippen molar-refractivity contribution in [3.8, 4) is 5.75 Å². The summed E-state index contributed by atoms with van der Waals surface area (Å²) in [4.78, 5) is 23.2. The Balaban J connectivity index is 0.00000441. The van der Waals surface area contributed by atoms with Crippen LogP contribution < -0.4 is 11.1 Å². The zero-order valence-electron chi connectivity index (χ0n) is 11.8. The number of benzene rings is 1. The summed E-state index contributed by atoms with van der Waals surface area (Å²) in [6.07, 6.45) is -0.0837. The summed E-state index contributed by atoms with van der Waals surface area (Å²) in [5, 5.41) is 12.8. The summed E-state index contributed by atoms with van der Waals surface area (Å²) < 4.78 is 6.23. The van der Waals surface area contributed by atoms with Gasteiger partial charge in [0.05, 0.1) is 29.2 Å². The Morgan fingerprint density at radius 1 is 1.50 bits per heavy atom. The van der Waals surface area contributed by atoms with Crippen LogP contribution in [0, 0.1) is 3.57 Å². The van der Waals surface area contributed by atoms with E-state index in [9.17, 15) is 14.7 Å². The maximum Gasteiger partial charge on any atom is 0.308 e. The van der Waals surface area contributed by atoms with Crippen LogP contribution in [0.25, 0.3) is 0 Å². The Morgan fingerprint density at radius 3 is 2.68 bits per heavy atom. The van der Waals surface area contributed by atoms with E-state index in [-0.39, 0.29) is 37.7 Å². The predicted octanol–water partition coefficient (Wildman–Crippen LogP) is 2.25. The van der Waals surface area contributed by atoms with Crippen molar-refractivity contribution in [1.82, 2.24) is 5.32 Å². The van der Waals surface area contributed by atoms with Crippen LogP contribution in [0.2, 0.25) is 0 Å². The average Bonchev–Trinajstić information content (AvgIpc) is 2.42. The van der Waals surface area contributed by atoms with E-state index in [2.05, 4.69) is 21.2 Å². The highest BCUT2D eigenvalue weighted by molar-refractivity contribution is 14.1. The van der Waals surface area contributed by atoms with Gasteiger partial charge in [0.2, 0.25) is 5.91 Å². The van der Waals surface area contributed by atoms with Gasteiger partial charge >= 0.3 is 5.97 Å². The van der Waals surface area contributed by atoms with Gasteiger partial charge in [0.15, 0.2) is 0 Å². The maximum absolute atomic E-state index is 11.7. The van der Waals surface area contributed by atoms with E-state index >= 15 is 0 Å². The number of phenols is 1. The van der Waals surface area contributed by atoms with Crippen molar-refractivity contribution < 1.29 is 19.4 Å². The molecule has 6 nitrogen and oxygen atoms in total. The maximum atomic E-state index is 11.7. The molecule has 0 aromatic heterocycles. The third-order valence-corrected chi connectivity index (χ3v) is 3.91. The van der Waals surface area contributed by atoms with Crippen molar-refractivity contribution >= 4 is 62.8 Å². The van der Waals surface area contributed by atoms with Crippen molar-refractivity contribution in [3.05, 3.63) is 25.7 Å². The second kappa shape index (κ2) is 10.2. The quantitative estimate of drug-likeness (QED) is 0.405. The summed E-state index contributed by atoms with van der Waals surface area (Å²) in [6, 6.07) is 2.68. The van der Waals surface area contributed by atoms with Crippen LogP contribution in [0.4, 0.5) is 0 Å². The van der Waals surface area contributed by atoms with Crippen LogP contribution in [0.5, 0.6) is 5.75 Å². The number of hydrogen-bond donors (Lipinski definition) is 3. The fraction of sp³-hybridized carbons (Fsp3) is 0.385. The molecule has 0 saturated carbocycles. The average molecular weight is 508 g/mol. The highest BCUT2D eigenvalue weighted by atomic mass is 127. The third-order valence-electron chi connectivity index (χ3n) is 2.63. The molecule has 0 fully saturated rings. The molecule has 124 valence electrons. The van der Waals surface area contributed by atoms with Crippen LogP contribution in [0.3, 0.4) is 0 Å². The SMILES string of the molecule is CCOC(=O)C[C@H](NC(=O)CN)c1cc(Br)cc(I)c1O.Cl. The fourth-order valence-corrected chi connectivity index (χ4v) is 3.28. The molecule has 1 rings (SSSR count). The van der Waals surface area contributed by atoms with Gasteiger partial charge in [-0.25, -0.2) is 0 Å². The number of carbonyl (C=O) groups excluding carboxylic acids is 2. The number of amides is 1. The zero-order chi connectivity index (χ0) is 16.0. The molecule has 22 heavy (non-hydrogen) atoms. The van der Waals surface area contributed by atoms with E-state index in [1.54, 1.807) is 19.1 Å².